The normalized spacial score (nSPS) is 17.8. The lowest BCUT2D eigenvalue weighted by Crippen LogP contribution is -2.28. The summed E-state index contributed by atoms with van der Waals surface area (Å²) in [4.78, 5) is 4.82. The fourth-order valence-corrected chi connectivity index (χ4v) is 3.67. The van der Waals surface area contributed by atoms with Crippen LogP contribution in [0, 0.1) is 0 Å². The standard InChI is InChI=1S/C16H21ClN2O/c1-16(9-3-4-10-16)19-12-6-5-7-13(20-2)15(12)18-14(19)8-11-17/h5-7H,3-4,8-11H2,1-2H3. The second kappa shape index (κ2) is 5.28. The topological polar surface area (TPSA) is 27.1 Å². The van der Waals surface area contributed by atoms with Crippen molar-refractivity contribution in [3.8, 4) is 5.75 Å². The minimum Gasteiger partial charge on any atom is -0.494 e. The van der Waals surface area contributed by atoms with Crippen LogP contribution in [0.1, 0.15) is 38.4 Å². The van der Waals surface area contributed by atoms with Gasteiger partial charge in [-0.2, -0.15) is 0 Å². The van der Waals surface area contributed by atoms with E-state index in [1.165, 1.54) is 31.2 Å². The number of para-hydroxylation sites is 1. The third-order valence-electron chi connectivity index (χ3n) is 4.48. The summed E-state index contributed by atoms with van der Waals surface area (Å²) in [6.07, 6.45) is 5.81. The van der Waals surface area contributed by atoms with Gasteiger partial charge in [-0.25, -0.2) is 4.98 Å². The lowest BCUT2D eigenvalue weighted by Gasteiger charge is -2.29. The van der Waals surface area contributed by atoms with Crippen LogP contribution in [0.5, 0.6) is 5.75 Å². The quantitative estimate of drug-likeness (QED) is 0.793. The summed E-state index contributed by atoms with van der Waals surface area (Å²) in [5.74, 6) is 2.53. The van der Waals surface area contributed by atoms with Gasteiger partial charge in [0.25, 0.3) is 0 Å². The van der Waals surface area contributed by atoms with Crippen molar-refractivity contribution in [2.45, 2.75) is 44.6 Å². The Balaban J connectivity index is 2.24. The highest BCUT2D eigenvalue weighted by molar-refractivity contribution is 6.17. The van der Waals surface area contributed by atoms with Crippen LogP contribution in [-0.2, 0) is 12.0 Å². The lowest BCUT2D eigenvalue weighted by molar-refractivity contribution is 0.329. The van der Waals surface area contributed by atoms with Crippen molar-refractivity contribution in [2.75, 3.05) is 13.0 Å². The number of nitrogens with zero attached hydrogens (tertiary/aromatic N) is 2. The van der Waals surface area contributed by atoms with Crippen LogP contribution >= 0.6 is 11.6 Å². The zero-order valence-electron chi connectivity index (χ0n) is 12.2. The predicted octanol–water partition coefficient (Wildman–Crippen LogP) is 4.12. The first kappa shape index (κ1) is 13.7. The number of fused-ring (bicyclic) bond motifs is 1. The number of ether oxygens (including phenoxy) is 1. The number of hydrogen-bond donors (Lipinski definition) is 0. The van der Waals surface area contributed by atoms with Crippen molar-refractivity contribution in [3.05, 3.63) is 24.0 Å². The van der Waals surface area contributed by atoms with Gasteiger partial charge < -0.3 is 9.30 Å². The van der Waals surface area contributed by atoms with Gasteiger partial charge in [-0.3, -0.25) is 0 Å². The third-order valence-corrected chi connectivity index (χ3v) is 4.67. The molecule has 0 radical (unpaired) electrons. The number of alkyl halides is 1. The molecule has 0 saturated heterocycles. The number of benzene rings is 1. The molecular formula is C16H21ClN2O. The van der Waals surface area contributed by atoms with E-state index < -0.39 is 0 Å². The number of aromatic nitrogens is 2. The number of hydrogen-bond acceptors (Lipinski definition) is 2. The van der Waals surface area contributed by atoms with E-state index in [1.54, 1.807) is 7.11 Å². The summed E-state index contributed by atoms with van der Waals surface area (Å²) in [5.41, 5.74) is 2.31. The summed E-state index contributed by atoms with van der Waals surface area (Å²) in [5, 5.41) is 0. The number of halogens is 1. The molecule has 1 heterocycles. The van der Waals surface area contributed by atoms with Crippen molar-refractivity contribution in [2.24, 2.45) is 0 Å². The van der Waals surface area contributed by atoms with Gasteiger partial charge in [-0.1, -0.05) is 18.9 Å². The van der Waals surface area contributed by atoms with E-state index in [1.807, 2.05) is 12.1 Å². The Morgan fingerprint density at radius 2 is 2.10 bits per heavy atom. The molecule has 4 heteroatoms. The van der Waals surface area contributed by atoms with Gasteiger partial charge in [0.1, 0.15) is 17.1 Å². The fraction of sp³-hybridized carbons (Fsp3) is 0.562. The molecule has 0 aliphatic heterocycles. The van der Waals surface area contributed by atoms with E-state index in [0.29, 0.717) is 5.88 Å². The molecular weight excluding hydrogens is 272 g/mol. The zero-order valence-corrected chi connectivity index (χ0v) is 12.9. The predicted molar refractivity (Wildman–Crippen MR) is 82.8 cm³/mol. The van der Waals surface area contributed by atoms with Crippen LogP contribution < -0.4 is 4.74 Å². The summed E-state index contributed by atoms with van der Waals surface area (Å²) < 4.78 is 7.88. The van der Waals surface area contributed by atoms with Crippen molar-refractivity contribution < 1.29 is 4.74 Å². The van der Waals surface area contributed by atoms with Crippen LogP contribution in [0.4, 0.5) is 0 Å². The Labute approximate surface area is 124 Å². The molecule has 3 rings (SSSR count). The Morgan fingerprint density at radius 1 is 1.35 bits per heavy atom. The second-order valence-corrected chi connectivity index (χ2v) is 6.21. The van der Waals surface area contributed by atoms with E-state index in [2.05, 4.69) is 17.6 Å². The van der Waals surface area contributed by atoms with E-state index >= 15 is 0 Å². The molecule has 1 saturated carbocycles. The van der Waals surface area contributed by atoms with Crippen LogP contribution in [0.25, 0.3) is 11.0 Å². The largest absolute Gasteiger partial charge is 0.494 e. The Bertz CT molecular complexity index is 614. The Kier molecular flexibility index (Phi) is 3.63. The molecule has 108 valence electrons. The molecule has 0 bridgehead atoms. The van der Waals surface area contributed by atoms with Crippen LogP contribution in [0.3, 0.4) is 0 Å². The van der Waals surface area contributed by atoms with E-state index in [-0.39, 0.29) is 5.54 Å². The molecule has 1 aromatic heterocycles. The van der Waals surface area contributed by atoms with Gasteiger partial charge in [-0.15, -0.1) is 11.6 Å². The molecule has 0 atom stereocenters. The number of aryl methyl sites for hydroxylation is 1. The first-order valence-electron chi connectivity index (χ1n) is 7.30. The number of methoxy groups -OCH3 is 1. The zero-order chi connectivity index (χ0) is 14.2. The monoisotopic (exact) mass is 292 g/mol. The minimum absolute atomic E-state index is 0.169. The molecule has 1 fully saturated rings. The van der Waals surface area contributed by atoms with Gasteiger partial charge in [0.15, 0.2) is 0 Å². The smallest absolute Gasteiger partial charge is 0.146 e. The average molecular weight is 293 g/mol. The highest BCUT2D eigenvalue weighted by Crippen LogP contribution is 2.40. The maximum Gasteiger partial charge on any atom is 0.146 e. The van der Waals surface area contributed by atoms with Gasteiger partial charge in [0.2, 0.25) is 0 Å². The number of imidazole rings is 1. The Morgan fingerprint density at radius 3 is 2.75 bits per heavy atom. The maximum atomic E-state index is 5.98. The maximum absolute atomic E-state index is 5.98. The summed E-state index contributed by atoms with van der Waals surface area (Å²) in [6.45, 7) is 2.35. The molecule has 1 aromatic carbocycles. The minimum atomic E-state index is 0.169. The van der Waals surface area contributed by atoms with Gasteiger partial charge in [0.05, 0.1) is 12.6 Å². The van der Waals surface area contributed by atoms with Gasteiger partial charge in [-0.05, 0) is 31.9 Å². The van der Waals surface area contributed by atoms with Crippen molar-refractivity contribution >= 4 is 22.6 Å². The first-order chi connectivity index (χ1) is 9.69. The third kappa shape index (κ3) is 2.08. The average Bonchev–Trinajstić information content (AvgIpc) is 3.03. The second-order valence-electron chi connectivity index (χ2n) is 5.83. The van der Waals surface area contributed by atoms with Crippen LogP contribution in [0.2, 0.25) is 0 Å². The molecule has 0 spiro atoms. The van der Waals surface area contributed by atoms with Crippen LogP contribution in [-0.4, -0.2) is 22.5 Å². The number of rotatable bonds is 4. The van der Waals surface area contributed by atoms with E-state index in [4.69, 9.17) is 21.3 Å². The summed E-state index contributed by atoms with van der Waals surface area (Å²) in [6, 6.07) is 6.16. The lowest BCUT2D eigenvalue weighted by atomic mass is 9.99. The molecule has 3 nitrogen and oxygen atoms in total. The molecule has 20 heavy (non-hydrogen) atoms. The van der Waals surface area contributed by atoms with Crippen molar-refractivity contribution in [1.82, 2.24) is 9.55 Å². The Hall–Kier alpha value is -1.22. The highest BCUT2D eigenvalue weighted by atomic mass is 35.5. The SMILES string of the molecule is COc1cccc2c1nc(CCCl)n2C1(C)CCCC1. The van der Waals surface area contributed by atoms with Crippen LogP contribution in [0.15, 0.2) is 18.2 Å². The summed E-state index contributed by atoms with van der Waals surface area (Å²) in [7, 11) is 1.70. The van der Waals surface area contributed by atoms with Gasteiger partial charge in [0, 0.05) is 17.8 Å². The molecule has 1 aliphatic rings. The molecule has 0 amide bonds. The molecule has 0 N–H and O–H groups in total. The molecule has 2 aromatic rings. The fourth-order valence-electron chi connectivity index (χ4n) is 3.50. The van der Waals surface area contributed by atoms with E-state index in [9.17, 15) is 0 Å². The molecule has 0 unspecified atom stereocenters. The van der Waals surface area contributed by atoms with E-state index in [0.717, 1.165) is 23.5 Å². The van der Waals surface area contributed by atoms with Crippen molar-refractivity contribution in [3.63, 3.8) is 0 Å². The van der Waals surface area contributed by atoms with Crippen molar-refractivity contribution in [1.29, 1.82) is 0 Å². The molecule has 1 aliphatic carbocycles. The first-order valence-corrected chi connectivity index (χ1v) is 7.84. The summed E-state index contributed by atoms with van der Waals surface area (Å²) >= 11 is 5.98. The highest BCUT2D eigenvalue weighted by Gasteiger charge is 2.34. The van der Waals surface area contributed by atoms with Gasteiger partial charge >= 0.3 is 0 Å².